The Bertz CT molecular complexity index is 815. The van der Waals surface area contributed by atoms with Gasteiger partial charge in [0.15, 0.2) is 0 Å². The minimum atomic E-state index is 0.142. The molecule has 2 heterocycles. The Morgan fingerprint density at radius 3 is 2.72 bits per heavy atom. The topological polar surface area (TPSA) is 45.8 Å². The largest absolute Gasteiger partial charge is 0.307 e. The van der Waals surface area contributed by atoms with Crippen LogP contribution in [0.15, 0.2) is 24.3 Å². The van der Waals surface area contributed by atoms with Crippen LogP contribution in [0.5, 0.6) is 0 Å². The van der Waals surface area contributed by atoms with E-state index in [0.29, 0.717) is 21.3 Å². The highest BCUT2D eigenvalue weighted by molar-refractivity contribution is 6.30. The first-order chi connectivity index (χ1) is 12.2. The van der Waals surface area contributed by atoms with Gasteiger partial charge < -0.3 is 0 Å². The molecular weight excluding hydrogens is 334 g/mol. The molecule has 3 aliphatic rings. The number of fused-ring (bicyclic) bond motifs is 5. The second-order valence-electron chi connectivity index (χ2n) is 7.89. The fraction of sp³-hybridized carbons (Fsp3) is 0.500. The van der Waals surface area contributed by atoms with E-state index in [1.807, 2.05) is 24.3 Å². The third kappa shape index (κ3) is 2.17. The highest BCUT2D eigenvalue weighted by Gasteiger charge is 2.49. The highest BCUT2D eigenvalue weighted by atomic mass is 35.5. The van der Waals surface area contributed by atoms with Crippen LogP contribution in [0.2, 0.25) is 5.02 Å². The van der Waals surface area contributed by atoms with Gasteiger partial charge in [0.25, 0.3) is 0 Å². The van der Waals surface area contributed by atoms with E-state index < -0.39 is 0 Å². The number of carbonyl (C=O) groups is 1. The third-order valence-electron chi connectivity index (χ3n) is 6.73. The van der Waals surface area contributed by atoms with Crippen LogP contribution in [0.1, 0.15) is 73.4 Å². The van der Waals surface area contributed by atoms with Crippen molar-refractivity contribution >= 4 is 23.7 Å². The number of piperidine rings is 1. The number of amides is 1. The molecule has 4 atom stereocenters. The lowest BCUT2D eigenvalue weighted by Gasteiger charge is -2.42. The van der Waals surface area contributed by atoms with Crippen molar-refractivity contribution in [2.45, 2.75) is 56.4 Å². The summed E-state index contributed by atoms with van der Waals surface area (Å²) in [4.78, 5) is 12.4. The van der Waals surface area contributed by atoms with E-state index in [-0.39, 0.29) is 6.04 Å². The van der Waals surface area contributed by atoms with Gasteiger partial charge in [-0.05, 0) is 50.2 Å². The van der Waals surface area contributed by atoms with E-state index >= 15 is 0 Å². The summed E-state index contributed by atoms with van der Waals surface area (Å²) in [5, 5.41) is 8.77. The van der Waals surface area contributed by atoms with Gasteiger partial charge >= 0.3 is 6.41 Å². The summed E-state index contributed by atoms with van der Waals surface area (Å²) in [6.45, 7) is 0.845. The first-order valence-corrected chi connectivity index (χ1v) is 9.78. The van der Waals surface area contributed by atoms with E-state index in [1.54, 1.807) is 0 Å². The van der Waals surface area contributed by atoms with Crippen LogP contribution in [-0.2, 0) is 4.79 Å². The Morgan fingerprint density at radius 1 is 1.12 bits per heavy atom. The number of hydrogen-bond acceptors (Lipinski definition) is 2. The predicted molar refractivity (Wildman–Crippen MR) is 98.7 cm³/mol. The molecule has 2 aromatic rings. The summed E-state index contributed by atoms with van der Waals surface area (Å²) in [5.41, 5.74) is 5.00. The van der Waals surface area contributed by atoms with E-state index in [1.165, 1.54) is 36.2 Å². The second kappa shape index (κ2) is 5.68. The molecule has 1 aromatic heterocycles. The number of benzene rings is 1. The number of H-pyrrole nitrogens is 1. The summed E-state index contributed by atoms with van der Waals surface area (Å²) >= 11 is 6.08. The molecule has 2 bridgehead atoms. The van der Waals surface area contributed by atoms with E-state index in [0.717, 1.165) is 37.9 Å². The Morgan fingerprint density at radius 2 is 1.92 bits per heavy atom. The maximum absolute atomic E-state index is 12.4. The number of quaternary nitrogens is 1. The van der Waals surface area contributed by atoms with E-state index in [2.05, 4.69) is 5.10 Å². The van der Waals surface area contributed by atoms with Gasteiger partial charge in [0, 0.05) is 35.1 Å². The number of rotatable bonds is 3. The molecule has 2 aliphatic carbocycles. The number of aromatic amines is 1. The quantitative estimate of drug-likeness (QED) is 0.633. The van der Waals surface area contributed by atoms with Gasteiger partial charge in [0.05, 0.1) is 17.9 Å². The lowest BCUT2D eigenvalue weighted by atomic mass is 9.88. The van der Waals surface area contributed by atoms with Crippen LogP contribution in [0.25, 0.3) is 0 Å². The summed E-state index contributed by atoms with van der Waals surface area (Å²) in [7, 11) is 0. The fourth-order valence-corrected chi connectivity index (χ4v) is 5.68. The molecule has 1 saturated heterocycles. The van der Waals surface area contributed by atoms with Crippen LogP contribution >= 0.6 is 11.6 Å². The van der Waals surface area contributed by atoms with Crippen LogP contribution in [0.4, 0.5) is 5.69 Å². The van der Waals surface area contributed by atoms with Crippen LogP contribution in [0.3, 0.4) is 0 Å². The molecule has 4 nitrogen and oxygen atoms in total. The zero-order valence-corrected chi connectivity index (χ0v) is 15.0. The average molecular weight is 357 g/mol. The number of halogens is 1. The molecule has 2 fully saturated rings. The van der Waals surface area contributed by atoms with Gasteiger partial charge in [0.1, 0.15) is 11.7 Å². The molecule has 1 saturated carbocycles. The van der Waals surface area contributed by atoms with Crippen LogP contribution in [-0.4, -0.2) is 23.2 Å². The summed E-state index contributed by atoms with van der Waals surface area (Å²) in [6, 6.07) is 7.95. The number of nitrogens with one attached hydrogen (secondary N) is 1. The molecule has 1 aromatic carbocycles. The monoisotopic (exact) mass is 356 g/mol. The molecule has 5 heteroatoms. The normalized spacial score (nSPS) is 33.4. The number of likely N-dealkylation sites (tertiary alicyclic amines) is 1. The molecule has 25 heavy (non-hydrogen) atoms. The zero-order valence-electron chi connectivity index (χ0n) is 14.2. The van der Waals surface area contributed by atoms with Crippen molar-refractivity contribution in [1.29, 1.82) is 0 Å². The van der Waals surface area contributed by atoms with Crippen molar-refractivity contribution in [2.75, 3.05) is 6.54 Å². The van der Waals surface area contributed by atoms with Gasteiger partial charge in [-0.1, -0.05) is 11.6 Å². The Balaban J connectivity index is 1.63. The average Bonchev–Trinajstić information content (AvgIpc) is 3.36. The summed E-state index contributed by atoms with van der Waals surface area (Å²) in [6.07, 6.45) is 8.21. The summed E-state index contributed by atoms with van der Waals surface area (Å²) < 4.78 is 0.364. The molecular formula is C20H23ClN3O+. The van der Waals surface area contributed by atoms with Gasteiger partial charge in [-0.2, -0.15) is 5.10 Å². The van der Waals surface area contributed by atoms with Gasteiger partial charge in [-0.3, -0.25) is 5.10 Å². The zero-order chi connectivity index (χ0) is 17.0. The van der Waals surface area contributed by atoms with Crippen LogP contribution < -0.4 is 4.48 Å². The van der Waals surface area contributed by atoms with Crippen molar-refractivity contribution in [3.63, 3.8) is 0 Å². The lowest BCUT2D eigenvalue weighted by Crippen LogP contribution is -2.54. The molecule has 0 radical (unpaired) electrons. The van der Waals surface area contributed by atoms with Crippen LogP contribution in [0, 0.1) is 0 Å². The maximum Gasteiger partial charge on any atom is 0.307 e. The molecule has 1 N–H and O–H groups in total. The van der Waals surface area contributed by atoms with Gasteiger partial charge in [-0.25, -0.2) is 9.28 Å². The van der Waals surface area contributed by atoms with E-state index in [9.17, 15) is 4.79 Å². The molecule has 1 amide bonds. The fourth-order valence-electron chi connectivity index (χ4n) is 5.55. The Labute approximate surface area is 152 Å². The SMILES string of the molecule is O=C[N+]1(c2ccc(Cl)cc2)CCCCC1c1[nH]nc2c1C1CCC2C1. The lowest BCUT2D eigenvalue weighted by molar-refractivity contribution is -0.120. The third-order valence-corrected chi connectivity index (χ3v) is 6.98. The molecule has 130 valence electrons. The minimum Gasteiger partial charge on any atom is -0.276 e. The minimum absolute atomic E-state index is 0.142. The van der Waals surface area contributed by atoms with Crippen molar-refractivity contribution in [3.8, 4) is 0 Å². The number of hydrogen-bond donors (Lipinski definition) is 1. The van der Waals surface area contributed by atoms with Crippen molar-refractivity contribution < 1.29 is 4.79 Å². The van der Waals surface area contributed by atoms with Crippen molar-refractivity contribution in [1.82, 2.24) is 14.7 Å². The highest BCUT2D eigenvalue weighted by Crippen LogP contribution is 2.55. The first-order valence-electron chi connectivity index (χ1n) is 9.41. The number of carbonyl (C=O) groups excluding carboxylic acids is 1. The van der Waals surface area contributed by atoms with Gasteiger partial charge in [-0.15, -0.1) is 0 Å². The standard InChI is InChI=1S/C20H23ClN3O/c21-15-6-8-16(9-7-15)24(12-25)10-2-1-3-17(24)20-18-13-4-5-14(11-13)19(18)22-23-20/h6-9,12-14,17H,1-5,10-11H2,(H,22,23)/q+1. The first kappa shape index (κ1) is 15.6. The molecule has 5 rings (SSSR count). The van der Waals surface area contributed by atoms with E-state index in [4.69, 9.17) is 16.7 Å². The number of aromatic nitrogens is 2. The van der Waals surface area contributed by atoms with Gasteiger partial charge in [0.2, 0.25) is 0 Å². The Kier molecular flexibility index (Phi) is 3.54. The van der Waals surface area contributed by atoms with Crippen molar-refractivity contribution in [2.24, 2.45) is 0 Å². The predicted octanol–water partition coefficient (Wildman–Crippen LogP) is 4.82. The van der Waals surface area contributed by atoms with Crippen molar-refractivity contribution in [3.05, 3.63) is 46.2 Å². The molecule has 4 unspecified atom stereocenters. The Hall–Kier alpha value is -1.65. The maximum atomic E-state index is 12.4. The molecule has 1 aliphatic heterocycles. The smallest absolute Gasteiger partial charge is 0.276 e. The second-order valence-corrected chi connectivity index (χ2v) is 8.33. The molecule has 0 spiro atoms. The number of nitrogens with zero attached hydrogens (tertiary/aromatic N) is 2. The summed E-state index contributed by atoms with van der Waals surface area (Å²) in [5.74, 6) is 1.29.